The van der Waals surface area contributed by atoms with Gasteiger partial charge in [0.25, 0.3) is 0 Å². The minimum absolute atomic E-state index is 0.129. The first-order valence-electron chi connectivity index (χ1n) is 8.33. The minimum Gasteiger partial charge on any atom is -0.494 e. The molecule has 1 aliphatic heterocycles. The molecule has 128 valence electrons. The molecule has 2 heterocycles. The molecule has 0 radical (unpaired) electrons. The quantitative estimate of drug-likeness (QED) is 0.845. The van der Waals surface area contributed by atoms with Gasteiger partial charge in [0, 0.05) is 24.7 Å². The smallest absolute Gasteiger partial charge is 0.227 e. The van der Waals surface area contributed by atoms with Crippen molar-refractivity contribution in [3.63, 3.8) is 0 Å². The van der Waals surface area contributed by atoms with Crippen molar-refractivity contribution in [1.29, 1.82) is 0 Å². The van der Waals surface area contributed by atoms with Gasteiger partial charge in [-0.1, -0.05) is 18.2 Å². The zero-order valence-corrected chi connectivity index (χ0v) is 13.8. The number of ether oxygens (including phenoxy) is 1. The van der Waals surface area contributed by atoms with Crippen molar-refractivity contribution >= 4 is 11.8 Å². The molecule has 0 spiro atoms. The number of nitrogen functional groups attached to an aromatic ring is 1. The highest BCUT2D eigenvalue weighted by Gasteiger charge is 2.35. The maximum atomic E-state index is 10.0. The molecule has 6 heteroatoms. The van der Waals surface area contributed by atoms with Gasteiger partial charge in [0.2, 0.25) is 5.95 Å². The number of aliphatic hydroxyl groups excluding tert-OH is 1. The third-order valence-corrected chi connectivity index (χ3v) is 4.59. The molecule has 0 aliphatic carbocycles. The number of anilines is 2. The van der Waals surface area contributed by atoms with Gasteiger partial charge < -0.3 is 20.5 Å². The van der Waals surface area contributed by atoms with Crippen LogP contribution < -0.4 is 15.4 Å². The van der Waals surface area contributed by atoms with Gasteiger partial charge in [0.15, 0.2) is 0 Å². The predicted octanol–water partition coefficient (Wildman–Crippen LogP) is 2.11. The van der Waals surface area contributed by atoms with Crippen molar-refractivity contribution in [3.05, 3.63) is 42.6 Å². The summed E-state index contributed by atoms with van der Waals surface area (Å²) in [6.45, 7) is 2.30. The highest BCUT2D eigenvalue weighted by atomic mass is 16.5. The zero-order valence-electron chi connectivity index (χ0n) is 13.8. The van der Waals surface area contributed by atoms with Crippen molar-refractivity contribution in [1.82, 2.24) is 9.97 Å². The van der Waals surface area contributed by atoms with Gasteiger partial charge in [-0.25, -0.2) is 4.98 Å². The Labute approximate surface area is 142 Å². The first-order chi connectivity index (χ1) is 11.7. The minimum atomic E-state index is -0.193. The van der Waals surface area contributed by atoms with E-state index in [4.69, 9.17) is 10.5 Å². The summed E-state index contributed by atoms with van der Waals surface area (Å²) in [6, 6.07) is 11.4. The van der Waals surface area contributed by atoms with Crippen molar-refractivity contribution in [2.75, 3.05) is 36.9 Å². The van der Waals surface area contributed by atoms with E-state index in [0.717, 1.165) is 31.6 Å². The molecule has 1 aliphatic rings. The van der Waals surface area contributed by atoms with Crippen LogP contribution in [0, 0.1) is 5.41 Å². The largest absolute Gasteiger partial charge is 0.494 e. The van der Waals surface area contributed by atoms with Crippen LogP contribution in [0.15, 0.2) is 42.6 Å². The average molecular weight is 328 g/mol. The summed E-state index contributed by atoms with van der Waals surface area (Å²) >= 11 is 0. The van der Waals surface area contributed by atoms with Gasteiger partial charge in [-0.05, 0) is 37.5 Å². The number of hydrogen-bond donors (Lipinski definition) is 2. The summed E-state index contributed by atoms with van der Waals surface area (Å²) in [7, 11) is 0. The van der Waals surface area contributed by atoms with Crippen LogP contribution >= 0.6 is 0 Å². The molecule has 2 aromatic rings. The van der Waals surface area contributed by atoms with Gasteiger partial charge in [-0.2, -0.15) is 4.98 Å². The Bertz CT molecular complexity index is 652. The van der Waals surface area contributed by atoms with E-state index in [-0.39, 0.29) is 12.0 Å². The van der Waals surface area contributed by atoms with Gasteiger partial charge in [-0.15, -0.1) is 0 Å². The highest BCUT2D eigenvalue weighted by Crippen LogP contribution is 2.34. The van der Waals surface area contributed by atoms with Crippen molar-refractivity contribution in [3.8, 4) is 5.75 Å². The number of nitrogens with two attached hydrogens (primary N) is 1. The Hall–Kier alpha value is -2.34. The number of piperidine rings is 1. The number of rotatable bonds is 6. The molecule has 0 amide bonds. The van der Waals surface area contributed by atoms with E-state index >= 15 is 0 Å². The predicted molar refractivity (Wildman–Crippen MR) is 94.0 cm³/mol. The molecule has 1 unspecified atom stereocenters. The van der Waals surface area contributed by atoms with E-state index in [9.17, 15) is 5.11 Å². The first kappa shape index (κ1) is 16.5. The van der Waals surface area contributed by atoms with Gasteiger partial charge in [0.1, 0.15) is 11.6 Å². The summed E-state index contributed by atoms with van der Waals surface area (Å²) in [5.41, 5.74) is 5.57. The SMILES string of the molecule is Nc1ccnc(N2CCCC(CO)(CCOc3ccccc3)C2)n1. The van der Waals surface area contributed by atoms with Gasteiger partial charge in [0.05, 0.1) is 13.2 Å². The summed E-state index contributed by atoms with van der Waals surface area (Å²) < 4.78 is 5.81. The van der Waals surface area contributed by atoms with Gasteiger partial charge >= 0.3 is 0 Å². The molecular formula is C18H24N4O2. The fourth-order valence-corrected chi connectivity index (χ4v) is 3.21. The third kappa shape index (κ3) is 3.94. The molecule has 0 saturated carbocycles. The lowest BCUT2D eigenvalue weighted by Gasteiger charge is -2.41. The third-order valence-electron chi connectivity index (χ3n) is 4.59. The average Bonchev–Trinajstić information content (AvgIpc) is 2.63. The summed E-state index contributed by atoms with van der Waals surface area (Å²) in [5, 5.41) is 10.0. The number of aromatic nitrogens is 2. The molecule has 24 heavy (non-hydrogen) atoms. The number of hydrogen-bond acceptors (Lipinski definition) is 6. The Morgan fingerprint density at radius 3 is 2.83 bits per heavy atom. The molecule has 3 N–H and O–H groups in total. The van der Waals surface area contributed by atoms with Crippen LogP contribution in [0.5, 0.6) is 5.75 Å². The molecule has 1 aromatic carbocycles. The van der Waals surface area contributed by atoms with Crippen LogP contribution in [-0.2, 0) is 0 Å². The van der Waals surface area contributed by atoms with Gasteiger partial charge in [-0.3, -0.25) is 0 Å². The number of aliphatic hydroxyl groups is 1. The second kappa shape index (κ2) is 7.49. The van der Waals surface area contributed by atoms with Crippen LogP contribution in [-0.4, -0.2) is 41.4 Å². The Morgan fingerprint density at radius 2 is 2.08 bits per heavy atom. The second-order valence-electron chi connectivity index (χ2n) is 6.38. The summed E-state index contributed by atoms with van der Waals surface area (Å²) in [6.07, 6.45) is 4.42. The topological polar surface area (TPSA) is 84.5 Å². The van der Waals surface area contributed by atoms with Crippen LogP contribution in [0.25, 0.3) is 0 Å². The van der Waals surface area contributed by atoms with E-state index in [1.54, 1.807) is 12.3 Å². The fraction of sp³-hybridized carbons (Fsp3) is 0.444. The second-order valence-corrected chi connectivity index (χ2v) is 6.38. The van der Waals surface area contributed by atoms with Crippen LogP contribution in [0.2, 0.25) is 0 Å². The maximum Gasteiger partial charge on any atom is 0.227 e. The first-order valence-corrected chi connectivity index (χ1v) is 8.33. The Kier molecular flexibility index (Phi) is 5.15. The zero-order chi connectivity index (χ0) is 16.8. The number of para-hydroxylation sites is 1. The number of nitrogens with zero attached hydrogens (tertiary/aromatic N) is 3. The molecule has 3 rings (SSSR count). The van der Waals surface area contributed by atoms with E-state index in [1.165, 1.54) is 0 Å². The summed E-state index contributed by atoms with van der Waals surface area (Å²) in [4.78, 5) is 10.7. The molecule has 1 fully saturated rings. The fourth-order valence-electron chi connectivity index (χ4n) is 3.21. The molecule has 6 nitrogen and oxygen atoms in total. The molecular weight excluding hydrogens is 304 g/mol. The molecule has 1 aromatic heterocycles. The lowest BCUT2D eigenvalue weighted by molar-refractivity contribution is 0.0789. The lowest BCUT2D eigenvalue weighted by Crippen LogP contribution is -2.46. The highest BCUT2D eigenvalue weighted by molar-refractivity contribution is 5.38. The van der Waals surface area contributed by atoms with Crippen molar-refractivity contribution in [2.45, 2.75) is 19.3 Å². The number of benzene rings is 1. The van der Waals surface area contributed by atoms with Crippen LogP contribution in [0.4, 0.5) is 11.8 Å². The molecule has 1 saturated heterocycles. The summed E-state index contributed by atoms with van der Waals surface area (Å²) in [5.74, 6) is 1.96. The Balaban J connectivity index is 1.63. The maximum absolute atomic E-state index is 10.0. The molecule has 1 atom stereocenters. The van der Waals surface area contributed by atoms with E-state index in [0.29, 0.717) is 24.9 Å². The Morgan fingerprint density at radius 1 is 1.25 bits per heavy atom. The van der Waals surface area contributed by atoms with E-state index < -0.39 is 0 Å². The molecule has 0 bridgehead atoms. The van der Waals surface area contributed by atoms with Crippen molar-refractivity contribution < 1.29 is 9.84 Å². The van der Waals surface area contributed by atoms with E-state index in [2.05, 4.69) is 14.9 Å². The van der Waals surface area contributed by atoms with E-state index in [1.807, 2.05) is 30.3 Å². The lowest BCUT2D eigenvalue weighted by atomic mass is 9.78. The van der Waals surface area contributed by atoms with Crippen LogP contribution in [0.3, 0.4) is 0 Å². The van der Waals surface area contributed by atoms with Crippen LogP contribution in [0.1, 0.15) is 19.3 Å². The standard InChI is InChI=1S/C18H24N4O2/c19-16-7-10-20-17(21-16)22-11-4-8-18(13-22,14-23)9-12-24-15-5-2-1-3-6-15/h1-3,5-7,10,23H,4,8-9,11-14H2,(H2,19,20,21). The van der Waals surface area contributed by atoms with Crippen molar-refractivity contribution in [2.24, 2.45) is 5.41 Å². The normalized spacial score (nSPS) is 20.8. The monoisotopic (exact) mass is 328 g/mol.